The van der Waals surface area contributed by atoms with E-state index < -0.39 is 6.10 Å². The number of rotatable bonds is 2. The summed E-state index contributed by atoms with van der Waals surface area (Å²) in [6.07, 6.45) is 1.84. The van der Waals surface area contributed by atoms with Crippen molar-refractivity contribution >= 4 is 6.21 Å². The van der Waals surface area contributed by atoms with Crippen LogP contribution in [0, 0.1) is 0 Å². The summed E-state index contributed by atoms with van der Waals surface area (Å²) in [5.74, 6) is 0.278. The molecule has 2 atom stereocenters. The molecule has 0 saturated heterocycles. The number of hydrogen-bond donors (Lipinski definition) is 2. The summed E-state index contributed by atoms with van der Waals surface area (Å²) in [7, 11) is 0. The molecule has 3 heteroatoms. The van der Waals surface area contributed by atoms with E-state index in [1.54, 1.807) is 6.21 Å². The first kappa shape index (κ1) is 19.6. The molecule has 1 aliphatic rings. The van der Waals surface area contributed by atoms with Crippen molar-refractivity contribution in [1.82, 2.24) is 0 Å². The van der Waals surface area contributed by atoms with Crippen LogP contribution in [0.2, 0.25) is 0 Å². The second kappa shape index (κ2) is 6.79. The van der Waals surface area contributed by atoms with Crippen molar-refractivity contribution in [3.05, 3.63) is 64.2 Å². The zero-order valence-corrected chi connectivity index (χ0v) is 17.2. The number of phenols is 1. The molecule has 2 aromatic carbocycles. The Bertz CT molecular complexity index is 869. The van der Waals surface area contributed by atoms with Crippen molar-refractivity contribution in [3.8, 4) is 5.75 Å². The molecule has 0 radical (unpaired) electrons. The first-order valence-corrected chi connectivity index (χ1v) is 9.65. The molecule has 2 aromatic rings. The summed E-state index contributed by atoms with van der Waals surface area (Å²) < 4.78 is 0. The molecule has 3 nitrogen and oxygen atoms in total. The van der Waals surface area contributed by atoms with Gasteiger partial charge in [0.05, 0.1) is 6.10 Å². The van der Waals surface area contributed by atoms with Gasteiger partial charge in [-0.15, -0.1) is 0 Å². The molecule has 0 bridgehead atoms. The number of aliphatic hydroxyl groups excluding tert-OH is 1. The van der Waals surface area contributed by atoms with Crippen LogP contribution in [0.5, 0.6) is 5.75 Å². The van der Waals surface area contributed by atoms with Gasteiger partial charge in [-0.3, -0.25) is 4.99 Å². The second-order valence-electron chi connectivity index (χ2n) is 9.65. The van der Waals surface area contributed by atoms with Crippen LogP contribution >= 0.6 is 0 Å². The third kappa shape index (κ3) is 3.93. The van der Waals surface area contributed by atoms with E-state index in [9.17, 15) is 10.2 Å². The lowest BCUT2D eigenvalue weighted by Crippen LogP contribution is -2.17. The number of nitrogens with zero attached hydrogens (tertiary/aromatic N) is 1. The van der Waals surface area contributed by atoms with Crippen molar-refractivity contribution in [1.29, 1.82) is 0 Å². The molecule has 0 saturated carbocycles. The van der Waals surface area contributed by atoms with Crippen LogP contribution in [-0.4, -0.2) is 22.5 Å². The Morgan fingerprint density at radius 2 is 1.67 bits per heavy atom. The normalized spacial score (nSPS) is 20.3. The maximum Gasteiger partial charge on any atom is 0.128 e. The molecule has 2 N–H and O–H groups in total. The molecule has 0 spiro atoms. The predicted octanol–water partition coefficient (Wildman–Crippen LogP) is 5.06. The molecule has 0 aliphatic heterocycles. The summed E-state index contributed by atoms with van der Waals surface area (Å²) in [5, 5.41) is 21.3. The van der Waals surface area contributed by atoms with Crippen LogP contribution in [-0.2, 0) is 17.3 Å². The monoisotopic (exact) mass is 365 g/mol. The van der Waals surface area contributed by atoms with E-state index in [0.29, 0.717) is 12.0 Å². The van der Waals surface area contributed by atoms with Gasteiger partial charge in [0.25, 0.3) is 0 Å². The van der Waals surface area contributed by atoms with E-state index in [2.05, 4.69) is 52.6 Å². The molecule has 0 amide bonds. The average molecular weight is 366 g/mol. The van der Waals surface area contributed by atoms with Gasteiger partial charge >= 0.3 is 0 Å². The van der Waals surface area contributed by atoms with Gasteiger partial charge < -0.3 is 10.2 Å². The second-order valence-corrected chi connectivity index (χ2v) is 9.65. The summed E-state index contributed by atoms with van der Waals surface area (Å²) in [6, 6.07) is 11.9. The van der Waals surface area contributed by atoms with Crippen LogP contribution in [0.3, 0.4) is 0 Å². The Balaban J connectivity index is 2.05. The van der Waals surface area contributed by atoms with Crippen LogP contribution in [0.4, 0.5) is 0 Å². The number of fused-ring (bicyclic) bond motifs is 1. The van der Waals surface area contributed by atoms with Gasteiger partial charge in [0.1, 0.15) is 11.8 Å². The minimum atomic E-state index is -0.520. The lowest BCUT2D eigenvalue weighted by molar-refractivity contribution is 0.159. The van der Waals surface area contributed by atoms with Gasteiger partial charge in [0.15, 0.2) is 0 Å². The highest BCUT2D eigenvalue weighted by Gasteiger charge is 2.30. The van der Waals surface area contributed by atoms with E-state index in [1.807, 2.05) is 30.3 Å². The highest BCUT2D eigenvalue weighted by atomic mass is 16.3. The van der Waals surface area contributed by atoms with Crippen molar-refractivity contribution in [2.24, 2.45) is 4.99 Å². The van der Waals surface area contributed by atoms with E-state index in [-0.39, 0.29) is 22.6 Å². The van der Waals surface area contributed by atoms with Gasteiger partial charge in [-0.25, -0.2) is 0 Å². The van der Waals surface area contributed by atoms with Gasteiger partial charge in [-0.2, -0.15) is 0 Å². The molecule has 0 aromatic heterocycles. The van der Waals surface area contributed by atoms with Gasteiger partial charge in [-0.1, -0.05) is 71.9 Å². The fourth-order valence-corrected chi connectivity index (χ4v) is 3.65. The Labute approximate surface area is 162 Å². The van der Waals surface area contributed by atoms with Crippen LogP contribution < -0.4 is 0 Å². The summed E-state index contributed by atoms with van der Waals surface area (Å²) in [6.45, 7) is 12.8. The SMILES string of the molecule is CC(C)(C)c1cc(/C=N/[C@H]2c3ccccc3C[C@H]2O)c(O)c(C(C)(C)C)c1. The maximum atomic E-state index is 10.9. The van der Waals surface area contributed by atoms with Crippen LogP contribution in [0.15, 0.2) is 41.4 Å². The van der Waals surface area contributed by atoms with Gasteiger partial charge in [0, 0.05) is 23.8 Å². The lowest BCUT2D eigenvalue weighted by atomic mass is 9.79. The minimum Gasteiger partial charge on any atom is -0.507 e. The van der Waals surface area contributed by atoms with E-state index in [0.717, 1.165) is 16.7 Å². The zero-order chi connectivity index (χ0) is 20.0. The van der Waals surface area contributed by atoms with Crippen molar-refractivity contribution in [3.63, 3.8) is 0 Å². The summed E-state index contributed by atoms with van der Waals surface area (Å²) in [4.78, 5) is 4.69. The third-order valence-corrected chi connectivity index (χ3v) is 5.35. The number of benzene rings is 2. The van der Waals surface area contributed by atoms with Crippen LogP contribution in [0.25, 0.3) is 0 Å². The summed E-state index contributed by atoms with van der Waals surface area (Å²) >= 11 is 0. The van der Waals surface area contributed by atoms with Gasteiger partial charge in [-0.05, 0) is 33.6 Å². The van der Waals surface area contributed by atoms with Crippen molar-refractivity contribution < 1.29 is 10.2 Å². The fourth-order valence-electron chi connectivity index (χ4n) is 3.65. The highest BCUT2D eigenvalue weighted by Crippen LogP contribution is 2.38. The third-order valence-electron chi connectivity index (χ3n) is 5.35. The standard InChI is InChI=1S/C24H31NO2/c1-23(2,3)17-11-16(22(27)19(13-17)24(4,5)6)14-25-21-18-10-8-7-9-15(18)12-20(21)26/h7-11,13-14,20-21,26-27H,12H2,1-6H3/b25-14+/t20-,21+/m1/s1. The summed E-state index contributed by atoms with van der Waals surface area (Å²) in [5.41, 5.74) is 4.81. The van der Waals surface area contributed by atoms with Gasteiger partial charge in [0.2, 0.25) is 0 Å². The van der Waals surface area contributed by atoms with Crippen LogP contribution in [0.1, 0.15) is 75.4 Å². The Morgan fingerprint density at radius 3 is 2.30 bits per heavy atom. The molecule has 3 rings (SSSR count). The highest BCUT2D eigenvalue weighted by molar-refractivity contribution is 5.85. The molecule has 0 fully saturated rings. The fraction of sp³-hybridized carbons (Fsp3) is 0.458. The smallest absolute Gasteiger partial charge is 0.128 e. The molecular formula is C24H31NO2. The predicted molar refractivity (Wildman–Crippen MR) is 112 cm³/mol. The largest absolute Gasteiger partial charge is 0.507 e. The number of aliphatic imine (C=N–C) groups is 1. The Hall–Kier alpha value is -2.13. The maximum absolute atomic E-state index is 10.9. The molecular weight excluding hydrogens is 334 g/mol. The zero-order valence-electron chi connectivity index (χ0n) is 17.2. The lowest BCUT2D eigenvalue weighted by Gasteiger charge is -2.27. The van der Waals surface area contributed by atoms with Crippen molar-refractivity contribution in [2.75, 3.05) is 0 Å². The molecule has 0 heterocycles. The first-order valence-electron chi connectivity index (χ1n) is 9.65. The van der Waals surface area contributed by atoms with Crippen molar-refractivity contribution in [2.45, 2.75) is 70.9 Å². The van der Waals surface area contributed by atoms with E-state index in [1.165, 1.54) is 5.56 Å². The Kier molecular flexibility index (Phi) is 4.94. The topological polar surface area (TPSA) is 52.8 Å². The number of phenolic OH excluding ortho intramolecular Hbond substituents is 1. The number of aromatic hydroxyl groups is 1. The average Bonchev–Trinajstić information content (AvgIpc) is 2.87. The minimum absolute atomic E-state index is 0.0320. The first-order chi connectivity index (χ1) is 12.5. The molecule has 144 valence electrons. The molecule has 0 unspecified atom stereocenters. The quantitative estimate of drug-likeness (QED) is 0.731. The van der Waals surface area contributed by atoms with E-state index in [4.69, 9.17) is 0 Å². The number of hydrogen-bond acceptors (Lipinski definition) is 3. The molecule has 27 heavy (non-hydrogen) atoms. The number of aliphatic hydroxyl groups is 1. The van der Waals surface area contributed by atoms with E-state index >= 15 is 0 Å². The molecule has 1 aliphatic carbocycles. The Morgan fingerprint density at radius 1 is 1.00 bits per heavy atom.